The van der Waals surface area contributed by atoms with Gasteiger partial charge in [-0.15, -0.1) is 0 Å². The Kier molecular flexibility index (Phi) is 8.83. The average molecular weight is 498 g/mol. The second-order valence-electron chi connectivity index (χ2n) is 9.82. The summed E-state index contributed by atoms with van der Waals surface area (Å²) in [5, 5.41) is 5.65. The van der Waals surface area contributed by atoms with Crippen molar-refractivity contribution in [2.45, 2.75) is 70.8 Å². The molecule has 3 rings (SSSR count). The minimum Gasteiger partial charge on any atom is -0.444 e. The quantitative estimate of drug-likeness (QED) is 0.454. The lowest BCUT2D eigenvalue weighted by molar-refractivity contribution is -0.142. The van der Waals surface area contributed by atoms with Crippen LogP contribution in [0.1, 0.15) is 56.3 Å². The molecule has 7 nitrogen and oxygen atoms in total. The molecule has 0 aromatic heterocycles. The van der Waals surface area contributed by atoms with Gasteiger partial charge in [-0.1, -0.05) is 54.6 Å². The maximum absolute atomic E-state index is 13.8. The minimum atomic E-state index is -0.928. The molecule has 0 radical (unpaired) electrons. The van der Waals surface area contributed by atoms with E-state index in [0.717, 1.165) is 29.5 Å². The van der Waals surface area contributed by atoms with Crippen LogP contribution in [0.2, 0.25) is 0 Å². The van der Waals surface area contributed by atoms with Gasteiger partial charge in [0.05, 0.1) is 0 Å². The van der Waals surface area contributed by atoms with Crippen molar-refractivity contribution in [1.82, 2.24) is 15.5 Å². The summed E-state index contributed by atoms with van der Waals surface area (Å²) >= 11 is 4.32. The lowest BCUT2D eigenvalue weighted by Gasteiger charge is -2.35. The number of amides is 3. The number of carbonyl (C=O) groups excluding carboxylic acids is 3. The minimum absolute atomic E-state index is 0.0768. The smallest absolute Gasteiger partial charge is 0.408 e. The molecule has 1 aliphatic carbocycles. The number of carbonyl (C=O) groups is 3. The molecule has 3 amide bonds. The Morgan fingerprint density at radius 3 is 2.26 bits per heavy atom. The highest BCUT2D eigenvalue weighted by Gasteiger charge is 2.44. The summed E-state index contributed by atoms with van der Waals surface area (Å²) in [7, 11) is 0. The first-order chi connectivity index (χ1) is 16.6. The molecular formula is C27H35N3O4S. The third-order valence-corrected chi connectivity index (χ3v) is 6.05. The molecule has 0 aliphatic heterocycles. The predicted octanol–water partition coefficient (Wildman–Crippen LogP) is 4.17. The van der Waals surface area contributed by atoms with Gasteiger partial charge in [-0.3, -0.25) is 9.59 Å². The highest BCUT2D eigenvalue weighted by molar-refractivity contribution is 7.80. The Morgan fingerprint density at radius 1 is 1.06 bits per heavy atom. The molecule has 1 aliphatic rings. The van der Waals surface area contributed by atoms with Crippen LogP contribution in [0.15, 0.2) is 54.6 Å². The molecule has 0 bridgehead atoms. The molecule has 2 unspecified atom stereocenters. The van der Waals surface area contributed by atoms with Crippen LogP contribution in [0.3, 0.4) is 0 Å². The van der Waals surface area contributed by atoms with Gasteiger partial charge in [0.1, 0.15) is 17.7 Å². The summed E-state index contributed by atoms with van der Waals surface area (Å²) in [4.78, 5) is 41.5. The van der Waals surface area contributed by atoms with Crippen LogP contribution in [0, 0.1) is 6.92 Å². The third-order valence-electron chi connectivity index (χ3n) is 5.69. The van der Waals surface area contributed by atoms with E-state index in [1.165, 1.54) is 0 Å². The molecule has 0 saturated heterocycles. The second-order valence-corrected chi connectivity index (χ2v) is 10.2. The molecule has 0 heterocycles. The fraction of sp³-hybridized carbons (Fsp3) is 0.444. The topological polar surface area (TPSA) is 87.7 Å². The average Bonchev–Trinajstić information content (AvgIpc) is 3.64. The number of benzene rings is 2. The molecule has 2 aromatic carbocycles. The van der Waals surface area contributed by atoms with E-state index in [1.807, 2.05) is 61.5 Å². The third kappa shape index (κ3) is 7.49. The molecule has 2 aromatic rings. The Labute approximate surface area is 213 Å². The highest BCUT2D eigenvalue weighted by atomic mass is 32.1. The van der Waals surface area contributed by atoms with Gasteiger partial charge in [0.2, 0.25) is 11.8 Å². The largest absolute Gasteiger partial charge is 0.444 e. The number of nitrogens with one attached hydrogen (secondary N) is 2. The van der Waals surface area contributed by atoms with Gasteiger partial charge in [-0.05, 0) is 57.2 Å². The summed E-state index contributed by atoms with van der Waals surface area (Å²) in [6, 6.07) is 15.4. The normalized spacial score (nSPS) is 15.0. The molecule has 35 heavy (non-hydrogen) atoms. The van der Waals surface area contributed by atoms with Gasteiger partial charge in [-0.2, -0.15) is 12.6 Å². The van der Waals surface area contributed by atoms with E-state index in [9.17, 15) is 14.4 Å². The summed E-state index contributed by atoms with van der Waals surface area (Å²) < 4.78 is 5.34. The van der Waals surface area contributed by atoms with Crippen molar-refractivity contribution in [1.29, 1.82) is 0 Å². The zero-order chi connectivity index (χ0) is 25.6. The van der Waals surface area contributed by atoms with E-state index in [2.05, 4.69) is 23.3 Å². The predicted molar refractivity (Wildman–Crippen MR) is 139 cm³/mol. The zero-order valence-electron chi connectivity index (χ0n) is 20.8. The van der Waals surface area contributed by atoms with E-state index in [1.54, 1.807) is 25.7 Å². The molecule has 2 atom stereocenters. The Balaban J connectivity index is 1.89. The van der Waals surface area contributed by atoms with Gasteiger partial charge in [-0.25, -0.2) is 4.79 Å². The van der Waals surface area contributed by atoms with Crippen molar-refractivity contribution in [2.75, 3.05) is 5.75 Å². The molecule has 8 heteroatoms. The van der Waals surface area contributed by atoms with E-state index in [4.69, 9.17) is 4.74 Å². The van der Waals surface area contributed by atoms with E-state index in [0.29, 0.717) is 6.54 Å². The summed E-state index contributed by atoms with van der Waals surface area (Å²) in [5.74, 6) is -0.539. The number of ether oxygens (including phenoxy) is 1. The van der Waals surface area contributed by atoms with Crippen LogP contribution < -0.4 is 10.6 Å². The van der Waals surface area contributed by atoms with Gasteiger partial charge in [0.15, 0.2) is 0 Å². The standard InChI is InChI=1S/C27H35N3O4S/c1-18-10-8-9-13-21(18)23(24(31)28-16-19-11-6-5-7-12-19)30(20-14-15-20)25(32)22(17-35)29-26(33)34-27(2,3)4/h5-13,20,22-23,35H,14-17H2,1-4H3,(H,28,31)(H,29,33). The number of rotatable bonds is 9. The van der Waals surface area contributed by atoms with E-state index < -0.39 is 23.8 Å². The molecule has 1 fully saturated rings. The van der Waals surface area contributed by atoms with Crippen molar-refractivity contribution >= 4 is 30.5 Å². The lowest BCUT2D eigenvalue weighted by Crippen LogP contribution is -2.54. The fourth-order valence-corrected chi connectivity index (χ4v) is 4.13. The molecule has 1 saturated carbocycles. The highest BCUT2D eigenvalue weighted by Crippen LogP contribution is 2.36. The van der Waals surface area contributed by atoms with Crippen LogP contribution in [0.5, 0.6) is 0 Å². The van der Waals surface area contributed by atoms with Crippen molar-refractivity contribution in [3.63, 3.8) is 0 Å². The van der Waals surface area contributed by atoms with Crippen LogP contribution in [-0.4, -0.2) is 46.2 Å². The fourth-order valence-electron chi connectivity index (χ4n) is 3.88. The zero-order valence-corrected chi connectivity index (χ0v) is 21.7. The van der Waals surface area contributed by atoms with Crippen molar-refractivity contribution in [2.24, 2.45) is 0 Å². The summed E-state index contributed by atoms with van der Waals surface area (Å²) in [6.45, 7) is 7.54. The SMILES string of the molecule is Cc1ccccc1C(C(=O)NCc1ccccc1)N(C(=O)C(CS)NC(=O)OC(C)(C)C)C1CC1. The van der Waals surface area contributed by atoms with Crippen LogP contribution in [-0.2, 0) is 20.9 Å². The first-order valence-corrected chi connectivity index (χ1v) is 12.5. The lowest BCUT2D eigenvalue weighted by atomic mass is 9.98. The number of thiol groups is 1. The maximum atomic E-state index is 13.8. The van der Waals surface area contributed by atoms with Gasteiger partial charge in [0, 0.05) is 18.3 Å². The maximum Gasteiger partial charge on any atom is 0.408 e. The van der Waals surface area contributed by atoms with Crippen LogP contribution in [0.25, 0.3) is 0 Å². The van der Waals surface area contributed by atoms with Crippen LogP contribution >= 0.6 is 12.6 Å². The Morgan fingerprint density at radius 2 is 1.69 bits per heavy atom. The number of alkyl carbamates (subject to hydrolysis) is 1. The van der Waals surface area contributed by atoms with Crippen molar-refractivity contribution in [3.8, 4) is 0 Å². The van der Waals surface area contributed by atoms with E-state index in [-0.39, 0.29) is 23.6 Å². The summed E-state index contributed by atoms with van der Waals surface area (Å²) in [5.41, 5.74) is 1.93. The van der Waals surface area contributed by atoms with Gasteiger partial charge < -0.3 is 20.3 Å². The molecule has 2 N–H and O–H groups in total. The van der Waals surface area contributed by atoms with Crippen molar-refractivity contribution < 1.29 is 19.1 Å². The summed E-state index contributed by atoms with van der Waals surface area (Å²) in [6.07, 6.45) is 0.902. The second kappa shape index (κ2) is 11.6. The number of aryl methyl sites for hydroxylation is 1. The van der Waals surface area contributed by atoms with Crippen molar-refractivity contribution in [3.05, 3.63) is 71.3 Å². The molecule has 0 spiro atoms. The first-order valence-electron chi connectivity index (χ1n) is 11.9. The van der Waals surface area contributed by atoms with E-state index >= 15 is 0 Å². The Hall–Kier alpha value is -3.00. The van der Waals surface area contributed by atoms with Crippen LogP contribution in [0.4, 0.5) is 4.79 Å². The number of hydrogen-bond acceptors (Lipinski definition) is 5. The monoisotopic (exact) mass is 497 g/mol. The molecular weight excluding hydrogens is 462 g/mol. The Bertz CT molecular complexity index is 1030. The first kappa shape index (κ1) is 26.6. The van der Waals surface area contributed by atoms with Gasteiger partial charge >= 0.3 is 6.09 Å². The molecule has 188 valence electrons. The number of nitrogens with zero attached hydrogens (tertiary/aromatic N) is 1. The number of hydrogen-bond donors (Lipinski definition) is 3. The van der Waals surface area contributed by atoms with Gasteiger partial charge in [0.25, 0.3) is 0 Å².